The number of ether oxygens (including phenoxy) is 1. The van der Waals surface area contributed by atoms with Crippen molar-refractivity contribution in [2.75, 3.05) is 12.3 Å². The number of rotatable bonds is 5. The van der Waals surface area contributed by atoms with Crippen LogP contribution in [-0.2, 0) is 16.0 Å². The van der Waals surface area contributed by atoms with Crippen LogP contribution in [0.5, 0.6) is 0 Å². The summed E-state index contributed by atoms with van der Waals surface area (Å²) in [5.74, 6) is 1.21. The number of hydrogen-bond acceptors (Lipinski definition) is 5. The Labute approximate surface area is 166 Å². The van der Waals surface area contributed by atoms with E-state index in [-0.39, 0.29) is 0 Å². The van der Waals surface area contributed by atoms with E-state index in [0.717, 1.165) is 16.8 Å². The Hall–Kier alpha value is -3.47. The van der Waals surface area contributed by atoms with Crippen molar-refractivity contribution in [1.29, 1.82) is 0 Å². The Bertz CT molecular complexity index is 772. The third-order valence-electron chi connectivity index (χ3n) is 3.53. The fourth-order valence-corrected chi connectivity index (χ4v) is 2.18. The van der Waals surface area contributed by atoms with Crippen LogP contribution in [0.4, 0.5) is 5.82 Å². The first-order chi connectivity index (χ1) is 13.6. The third-order valence-corrected chi connectivity index (χ3v) is 3.53. The average Bonchev–Trinajstić information content (AvgIpc) is 2.74. The van der Waals surface area contributed by atoms with Crippen molar-refractivity contribution in [2.24, 2.45) is 0 Å². The second-order valence-electron chi connectivity index (χ2n) is 5.56. The summed E-state index contributed by atoms with van der Waals surface area (Å²) in [5.41, 5.74) is 8.80. The molecule has 0 saturated heterocycles. The highest BCUT2D eigenvalue weighted by Gasteiger charge is 2.08. The molecule has 0 spiro atoms. The number of nitrogens with two attached hydrogens (primary N) is 1. The van der Waals surface area contributed by atoms with E-state index in [1.165, 1.54) is 0 Å². The second kappa shape index (κ2) is 13.7. The molecule has 0 radical (unpaired) electrons. The number of aryl methyl sites for hydroxylation is 1. The largest absolute Gasteiger partial charge is 0.468 e. The molecule has 0 saturated carbocycles. The highest BCUT2D eigenvalue weighted by atomic mass is 16.5. The molecule has 2 N–H and O–H groups in total. The van der Waals surface area contributed by atoms with E-state index >= 15 is 0 Å². The molecule has 5 nitrogen and oxygen atoms in total. The molecule has 3 aromatic rings. The lowest BCUT2D eigenvalue weighted by Gasteiger charge is -2.08. The molecule has 0 amide bonds. The maximum absolute atomic E-state index is 9.18. The smallest absolute Gasteiger partial charge is 0.293 e. The number of carbonyl (C=O) groups is 1. The molecule has 0 aliphatic carbocycles. The van der Waals surface area contributed by atoms with Gasteiger partial charge < -0.3 is 10.5 Å². The number of nitrogens with zero attached hydrogens (tertiary/aromatic N) is 2. The Kier molecular flexibility index (Phi) is 11.0. The topological polar surface area (TPSA) is 78.1 Å². The van der Waals surface area contributed by atoms with Gasteiger partial charge in [-0.15, -0.1) is 6.58 Å². The molecule has 0 bridgehead atoms. The van der Waals surface area contributed by atoms with Crippen molar-refractivity contribution in [3.8, 4) is 11.4 Å². The molecule has 28 heavy (non-hydrogen) atoms. The molecule has 2 aromatic carbocycles. The normalized spacial score (nSPS) is 9.07. The van der Waals surface area contributed by atoms with Crippen molar-refractivity contribution >= 4 is 12.3 Å². The molecule has 1 heterocycles. The predicted molar refractivity (Wildman–Crippen MR) is 115 cm³/mol. The first kappa shape index (κ1) is 22.6. The van der Waals surface area contributed by atoms with E-state index in [1.807, 2.05) is 79.7 Å². The van der Waals surface area contributed by atoms with Gasteiger partial charge in [-0.1, -0.05) is 72.8 Å². The standard InChI is InChI=1S/C14H15N3.C6H6.C3H6O2/c1-3-7-12-10(2)16-14(17-13(12)15)11-8-5-4-6-9-11;1-2-4-6-5-3-1;1-2-5-3-4/h3-6,8-9H,1,7H2,2H3,(H2,15,16,17);1-6H;3H,2H2,1H3. The molecular weight excluding hydrogens is 350 g/mol. The van der Waals surface area contributed by atoms with Crippen LogP contribution < -0.4 is 5.73 Å². The molecule has 0 fully saturated rings. The molecule has 0 atom stereocenters. The summed E-state index contributed by atoms with van der Waals surface area (Å²) < 4.78 is 4.15. The molecule has 0 aliphatic heterocycles. The van der Waals surface area contributed by atoms with Crippen molar-refractivity contribution < 1.29 is 9.53 Å². The highest BCUT2D eigenvalue weighted by Crippen LogP contribution is 2.20. The zero-order valence-corrected chi connectivity index (χ0v) is 16.4. The zero-order valence-electron chi connectivity index (χ0n) is 16.4. The van der Waals surface area contributed by atoms with Crippen LogP contribution in [0, 0.1) is 6.92 Å². The first-order valence-corrected chi connectivity index (χ1v) is 8.98. The Balaban J connectivity index is 0.000000292. The first-order valence-electron chi connectivity index (χ1n) is 8.98. The summed E-state index contributed by atoms with van der Waals surface area (Å²) in [5, 5.41) is 0. The molecule has 146 valence electrons. The number of benzene rings is 2. The Morgan fingerprint density at radius 3 is 1.93 bits per heavy atom. The lowest BCUT2D eigenvalue weighted by molar-refractivity contribution is -0.128. The number of carbonyl (C=O) groups excluding carboxylic acids is 1. The quantitative estimate of drug-likeness (QED) is 0.518. The van der Waals surface area contributed by atoms with E-state index in [4.69, 9.17) is 5.73 Å². The van der Waals surface area contributed by atoms with E-state index in [9.17, 15) is 4.79 Å². The van der Waals surface area contributed by atoms with Gasteiger partial charge >= 0.3 is 0 Å². The maximum Gasteiger partial charge on any atom is 0.293 e. The summed E-state index contributed by atoms with van der Waals surface area (Å²) in [6, 6.07) is 21.8. The van der Waals surface area contributed by atoms with Crippen LogP contribution in [0.25, 0.3) is 11.4 Å². The third kappa shape index (κ3) is 8.27. The Morgan fingerprint density at radius 2 is 1.54 bits per heavy atom. The summed E-state index contributed by atoms with van der Waals surface area (Å²) in [7, 11) is 0. The van der Waals surface area contributed by atoms with Crippen LogP contribution >= 0.6 is 0 Å². The van der Waals surface area contributed by atoms with Crippen molar-refractivity contribution in [3.05, 3.63) is 90.6 Å². The lowest BCUT2D eigenvalue weighted by Crippen LogP contribution is -2.04. The molecule has 1 aromatic heterocycles. The van der Waals surface area contributed by atoms with Crippen LogP contribution in [0.1, 0.15) is 18.2 Å². The van der Waals surface area contributed by atoms with Gasteiger partial charge in [0.25, 0.3) is 6.47 Å². The number of allylic oxidation sites excluding steroid dienone is 1. The van der Waals surface area contributed by atoms with Crippen molar-refractivity contribution in [3.63, 3.8) is 0 Å². The summed E-state index contributed by atoms with van der Waals surface area (Å²) in [6.07, 6.45) is 2.51. The van der Waals surface area contributed by atoms with E-state index < -0.39 is 0 Å². The van der Waals surface area contributed by atoms with Gasteiger partial charge in [0.15, 0.2) is 5.82 Å². The fourth-order valence-electron chi connectivity index (χ4n) is 2.18. The van der Waals surface area contributed by atoms with Crippen LogP contribution in [0.2, 0.25) is 0 Å². The van der Waals surface area contributed by atoms with E-state index in [2.05, 4.69) is 21.3 Å². The lowest BCUT2D eigenvalue weighted by atomic mass is 10.1. The number of aromatic nitrogens is 2. The average molecular weight is 377 g/mol. The Morgan fingerprint density at radius 1 is 1.00 bits per heavy atom. The number of hydrogen-bond donors (Lipinski definition) is 1. The minimum Gasteiger partial charge on any atom is -0.468 e. The summed E-state index contributed by atoms with van der Waals surface area (Å²) >= 11 is 0. The van der Waals surface area contributed by atoms with Gasteiger partial charge in [-0.05, 0) is 20.3 Å². The molecule has 3 rings (SSSR count). The van der Waals surface area contributed by atoms with E-state index in [1.54, 1.807) is 6.92 Å². The van der Waals surface area contributed by atoms with Crippen molar-refractivity contribution in [1.82, 2.24) is 9.97 Å². The minimum atomic E-state index is 0.431. The SMILES string of the molecule is C=CCc1c(C)nc(-c2ccccc2)nc1N.CCOC=O.c1ccccc1. The maximum atomic E-state index is 9.18. The predicted octanol–water partition coefficient (Wildman–Crippen LogP) is 4.63. The molecule has 0 aliphatic rings. The van der Waals surface area contributed by atoms with Gasteiger partial charge in [0.05, 0.1) is 6.61 Å². The van der Waals surface area contributed by atoms with Crippen LogP contribution in [-0.4, -0.2) is 23.0 Å². The van der Waals surface area contributed by atoms with Crippen molar-refractivity contribution in [2.45, 2.75) is 20.3 Å². The van der Waals surface area contributed by atoms with Gasteiger partial charge in [-0.3, -0.25) is 4.79 Å². The second-order valence-corrected chi connectivity index (χ2v) is 5.56. The summed E-state index contributed by atoms with van der Waals surface area (Å²) in [4.78, 5) is 18.0. The van der Waals surface area contributed by atoms with Gasteiger partial charge in [0.2, 0.25) is 0 Å². The molecule has 5 heteroatoms. The van der Waals surface area contributed by atoms with Gasteiger partial charge in [-0.25, -0.2) is 9.97 Å². The fraction of sp³-hybridized carbons (Fsp3) is 0.174. The van der Waals surface area contributed by atoms with Gasteiger partial charge in [0, 0.05) is 16.8 Å². The monoisotopic (exact) mass is 377 g/mol. The molecule has 0 unspecified atom stereocenters. The van der Waals surface area contributed by atoms with Gasteiger partial charge in [0.1, 0.15) is 5.82 Å². The van der Waals surface area contributed by atoms with Gasteiger partial charge in [-0.2, -0.15) is 0 Å². The van der Waals surface area contributed by atoms with E-state index in [0.29, 0.717) is 31.1 Å². The van der Waals surface area contributed by atoms with Crippen LogP contribution in [0.3, 0.4) is 0 Å². The van der Waals surface area contributed by atoms with Crippen LogP contribution in [0.15, 0.2) is 79.4 Å². The minimum absolute atomic E-state index is 0.431. The summed E-state index contributed by atoms with van der Waals surface area (Å²) in [6.45, 7) is 8.32. The molecular formula is C23H27N3O2. The number of nitrogen functional groups attached to an aromatic ring is 1. The zero-order chi connectivity index (χ0) is 20.6. The number of anilines is 1. The highest BCUT2D eigenvalue weighted by molar-refractivity contribution is 5.58.